The number of anilines is 1. The Hall–Kier alpha value is -3.35. The fraction of sp³-hybridized carbons (Fsp3) is 0.360. The molecule has 198 valence electrons. The Balaban J connectivity index is 1.36. The number of piperidine rings is 1. The molecule has 9 nitrogen and oxygen atoms in total. The zero-order valence-corrected chi connectivity index (χ0v) is 22.2. The lowest BCUT2D eigenvalue weighted by Crippen LogP contribution is -2.36. The molecule has 5 rings (SSSR count). The van der Waals surface area contributed by atoms with Crippen molar-refractivity contribution in [2.75, 3.05) is 32.1 Å². The van der Waals surface area contributed by atoms with E-state index in [1.807, 2.05) is 6.92 Å². The van der Waals surface area contributed by atoms with E-state index in [0.29, 0.717) is 56.8 Å². The first-order valence-electron chi connectivity index (χ1n) is 11.9. The van der Waals surface area contributed by atoms with E-state index in [0.717, 1.165) is 18.5 Å². The third-order valence-electron chi connectivity index (χ3n) is 6.39. The van der Waals surface area contributed by atoms with Crippen molar-refractivity contribution < 1.29 is 18.3 Å². The highest BCUT2D eigenvalue weighted by molar-refractivity contribution is 7.21. The van der Waals surface area contributed by atoms with Gasteiger partial charge in [-0.05, 0) is 45.0 Å². The van der Waals surface area contributed by atoms with Crippen molar-refractivity contribution in [3.8, 4) is 16.9 Å². The standard InChI is InChI=1S/C25H24ClF2N7O2S/c1-13-7-15(16-8-20(26)30-11-19(16)37-2)17(9-29-13)23(36)34-25-33-22-24(38-25)32-18(10-31-22)14-3-5-35(6-4-14)12-21(27)28/h7-11,14,21H,3-6,12H2,1-2H3,(H,31,33,34,36). The molecule has 0 atom stereocenters. The molecule has 38 heavy (non-hydrogen) atoms. The van der Waals surface area contributed by atoms with Crippen LogP contribution in [0, 0.1) is 6.92 Å². The van der Waals surface area contributed by atoms with Crippen LogP contribution in [0.1, 0.15) is 40.5 Å². The molecule has 0 aromatic carbocycles. The number of carbonyl (C=O) groups excluding carboxylic acids is 1. The van der Waals surface area contributed by atoms with Gasteiger partial charge in [0.25, 0.3) is 12.3 Å². The van der Waals surface area contributed by atoms with E-state index in [-0.39, 0.29) is 17.6 Å². The van der Waals surface area contributed by atoms with Crippen molar-refractivity contribution >= 4 is 44.5 Å². The van der Waals surface area contributed by atoms with E-state index in [2.05, 4.69) is 25.3 Å². The van der Waals surface area contributed by atoms with Crippen LogP contribution < -0.4 is 10.1 Å². The minimum atomic E-state index is -2.33. The maximum Gasteiger partial charge on any atom is 0.259 e. The second kappa shape index (κ2) is 11.2. The number of hydrogen-bond acceptors (Lipinski definition) is 9. The summed E-state index contributed by atoms with van der Waals surface area (Å²) in [6, 6.07) is 3.42. The summed E-state index contributed by atoms with van der Waals surface area (Å²) in [7, 11) is 1.52. The van der Waals surface area contributed by atoms with Crippen molar-refractivity contribution in [3.05, 3.63) is 52.8 Å². The predicted molar refractivity (Wildman–Crippen MR) is 141 cm³/mol. The number of thiazole rings is 1. The highest BCUT2D eigenvalue weighted by atomic mass is 35.5. The lowest BCUT2D eigenvalue weighted by molar-refractivity contribution is 0.0752. The molecule has 4 aromatic heterocycles. The van der Waals surface area contributed by atoms with Gasteiger partial charge in [0, 0.05) is 28.9 Å². The molecule has 0 saturated carbocycles. The second-order valence-corrected chi connectivity index (χ2v) is 10.3. The van der Waals surface area contributed by atoms with Gasteiger partial charge in [-0.15, -0.1) is 0 Å². The first kappa shape index (κ1) is 26.3. The summed E-state index contributed by atoms with van der Waals surface area (Å²) < 4.78 is 30.8. The minimum absolute atomic E-state index is 0.143. The number of methoxy groups -OCH3 is 1. The molecule has 0 spiro atoms. The Kier molecular flexibility index (Phi) is 7.73. The van der Waals surface area contributed by atoms with Crippen molar-refractivity contribution in [2.24, 2.45) is 0 Å². The summed E-state index contributed by atoms with van der Waals surface area (Å²) in [5.74, 6) is 0.201. The maximum atomic E-state index is 13.3. The average molecular weight is 560 g/mol. The number of aromatic nitrogens is 5. The number of carbonyl (C=O) groups is 1. The summed E-state index contributed by atoms with van der Waals surface area (Å²) in [6.45, 7) is 2.82. The molecule has 1 aliphatic heterocycles. The molecule has 4 aromatic rings. The smallest absolute Gasteiger partial charge is 0.259 e. The maximum absolute atomic E-state index is 13.3. The van der Waals surface area contributed by atoms with E-state index in [4.69, 9.17) is 21.3 Å². The normalized spacial score (nSPS) is 14.8. The Labute approximate surface area is 226 Å². The Morgan fingerprint density at radius 1 is 1.16 bits per heavy atom. The summed E-state index contributed by atoms with van der Waals surface area (Å²) in [6.07, 6.45) is 3.82. The van der Waals surface area contributed by atoms with Crippen molar-refractivity contribution in [1.82, 2.24) is 29.8 Å². The molecular weight excluding hydrogens is 536 g/mol. The number of halogens is 3. The number of aryl methyl sites for hydroxylation is 1. The summed E-state index contributed by atoms with van der Waals surface area (Å²) in [5.41, 5.74) is 3.46. The highest BCUT2D eigenvalue weighted by Gasteiger charge is 2.25. The van der Waals surface area contributed by atoms with Gasteiger partial charge >= 0.3 is 0 Å². The zero-order chi connectivity index (χ0) is 26.8. The number of ether oxygens (including phenoxy) is 1. The second-order valence-electron chi connectivity index (χ2n) is 8.94. The van der Waals surface area contributed by atoms with Crippen molar-refractivity contribution in [3.63, 3.8) is 0 Å². The number of nitrogens with zero attached hydrogens (tertiary/aromatic N) is 6. The van der Waals surface area contributed by atoms with Crippen LogP contribution in [0.4, 0.5) is 13.9 Å². The minimum Gasteiger partial charge on any atom is -0.494 e. The van der Waals surface area contributed by atoms with Crippen LogP contribution in [0.5, 0.6) is 5.75 Å². The largest absolute Gasteiger partial charge is 0.494 e. The molecule has 0 radical (unpaired) electrons. The number of amides is 1. The first-order valence-corrected chi connectivity index (χ1v) is 13.1. The lowest BCUT2D eigenvalue weighted by atomic mass is 9.94. The van der Waals surface area contributed by atoms with Gasteiger partial charge in [0.15, 0.2) is 15.6 Å². The third-order valence-corrected chi connectivity index (χ3v) is 7.45. The number of rotatable bonds is 7. The topological polar surface area (TPSA) is 106 Å². The van der Waals surface area contributed by atoms with Crippen LogP contribution in [0.3, 0.4) is 0 Å². The van der Waals surface area contributed by atoms with E-state index in [9.17, 15) is 13.6 Å². The molecule has 1 amide bonds. The number of likely N-dealkylation sites (tertiary alicyclic amines) is 1. The number of nitrogens with one attached hydrogen (secondary N) is 1. The van der Waals surface area contributed by atoms with Gasteiger partial charge in [0.2, 0.25) is 0 Å². The van der Waals surface area contributed by atoms with E-state index < -0.39 is 12.3 Å². The Morgan fingerprint density at radius 2 is 1.95 bits per heavy atom. The fourth-order valence-corrected chi connectivity index (χ4v) is 5.47. The van der Waals surface area contributed by atoms with Gasteiger partial charge < -0.3 is 4.74 Å². The van der Waals surface area contributed by atoms with Gasteiger partial charge in [-0.3, -0.25) is 20.0 Å². The van der Waals surface area contributed by atoms with Gasteiger partial charge in [0.1, 0.15) is 10.9 Å². The van der Waals surface area contributed by atoms with Crippen LogP contribution in [0.25, 0.3) is 21.6 Å². The van der Waals surface area contributed by atoms with Gasteiger partial charge in [-0.2, -0.15) is 4.98 Å². The molecule has 0 aliphatic carbocycles. The van der Waals surface area contributed by atoms with Crippen molar-refractivity contribution in [1.29, 1.82) is 0 Å². The van der Waals surface area contributed by atoms with Gasteiger partial charge in [-0.25, -0.2) is 23.7 Å². The van der Waals surface area contributed by atoms with E-state index >= 15 is 0 Å². The molecule has 0 unspecified atom stereocenters. The lowest BCUT2D eigenvalue weighted by Gasteiger charge is -2.31. The molecule has 1 saturated heterocycles. The monoisotopic (exact) mass is 559 g/mol. The van der Waals surface area contributed by atoms with Crippen LogP contribution >= 0.6 is 22.9 Å². The molecule has 1 fully saturated rings. The molecule has 1 aliphatic rings. The summed E-state index contributed by atoms with van der Waals surface area (Å²) in [4.78, 5) is 37.6. The van der Waals surface area contributed by atoms with Crippen LogP contribution in [-0.2, 0) is 0 Å². The van der Waals surface area contributed by atoms with Gasteiger partial charge in [0.05, 0.1) is 37.3 Å². The highest BCUT2D eigenvalue weighted by Crippen LogP contribution is 2.35. The van der Waals surface area contributed by atoms with E-state index in [1.54, 1.807) is 23.2 Å². The fourth-order valence-electron chi connectivity index (χ4n) is 4.51. The number of alkyl halides is 2. The summed E-state index contributed by atoms with van der Waals surface area (Å²) >= 11 is 7.35. The number of hydrogen-bond donors (Lipinski definition) is 1. The molecule has 1 N–H and O–H groups in total. The zero-order valence-electron chi connectivity index (χ0n) is 20.6. The molecule has 0 bridgehead atoms. The van der Waals surface area contributed by atoms with Crippen LogP contribution in [0.2, 0.25) is 5.15 Å². The molecular formula is C25H24ClF2N7O2S. The SMILES string of the molecule is COc1cnc(Cl)cc1-c1cc(C)ncc1C(=O)Nc1nc2ncc(C3CCN(CC(F)F)CC3)nc2s1. The van der Waals surface area contributed by atoms with Gasteiger partial charge in [-0.1, -0.05) is 22.9 Å². The molecule has 13 heteroatoms. The summed E-state index contributed by atoms with van der Waals surface area (Å²) in [5, 5.41) is 3.45. The Bertz CT molecular complexity index is 1480. The van der Waals surface area contributed by atoms with Crippen LogP contribution in [-0.4, -0.2) is 68.9 Å². The van der Waals surface area contributed by atoms with E-state index in [1.165, 1.54) is 30.8 Å². The quantitative estimate of drug-likeness (QED) is 0.308. The first-order chi connectivity index (χ1) is 18.3. The van der Waals surface area contributed by atoms with Crippen molar-refractivity contribution in [2.45, 2.75) is 32.1 Å². The molecule has 5 heterocycles. The average Bonchev–Trinajstić information content (AvgIpc) is 3.30. The number of fused-ring (bicyclic) bond motifs is 1. The Morgan fingerprint density at radius 3 is 2.68 bits per heavy atom. The predicted octanol–water partition coefficient (Wildman–Crippen LogP) is 5.21. The third kappa shape index (κ3) is 5.71. The van der Waals surface area contributed by atoms with Crippen LogP contribution in [0.15, 0.2) is 30.7 Å². The number of pyridine rings is 2.